The molecule has 0 saturated carbocycles. The van der Waals surface area contributed by atoms with Gasteiger partial charge < -0.3 is 15.2 Å². The molecule has 0 radical (unpaired) electrons. The van der Waals surface area contributed by atoms with Gasteiger partial charge in [-0.3, -0.25) is 0 Å². The van der Waals surface area contributed by atoms with Crippen molar-refractivity contribution in [1.29, 1.82) is 0 Å². The summed E-state index contributed by atoms with van der Waals surface area (Å²) >= 11 is 0. The number of hydrogen-bond acceptors (Lipinski definition) is 5. The summed E-state index contributed by atoms with van der Waals surface area (Å²) in [5.41, 5.74) is 4.85. The molecular formula is C19H20N4O3. The van der Waals surface area contributed by atoms with Crippen molar-refractivity contribution in [3.63, 3.8) is 0 Å². The first-order valence-corrected chi connectivity index (χ1v) is 8.11. The fourth-order valence-corrected chi connectivity index (χ4v) is 2.72. The van der Waals surface area contributed by atoms with Gasteiger partial charge in [0.2, 0.25) is 0 Å². The number of carboxylic acids is 1. The van der Waals surface area contributed by atoms with Gasteiger partial charge >= 0.3 is 5.97 Å². The molecule has 3 rings (SSSR count). The van der Waals surface area contributed by atoms with Crippen molar-refractivity contribution in [3.8, 4) is 11.4 Å². The summed E-state index contributed by atoms with van der Waals surface area (Å²) < 4.78 is 5.26. The van der Waals surface area contributed by atoms with E-state index in [0.717, 1.165) is 22.5 Å². The average Bonchev–Trinajstić information content (AvgIpc) is 3.08. The molecule has 7 nitrogen and oxygen atoms in total. The minimum absolute atomic E-state index is 0.174. The van der Waals surface area contributed by atoms with Gasteiger partial charge in [0.15, 0.2) is 0 Å². The first-order chi connectivity index (χ1) is 12.5. The van der Waals surface area contributed by atoms with Crippen molar-refractivity contribution in [2.75, 3.05) is 12.4 Å². The van der Waals surface area contributed by atoms with Crippen molar-refractivity contribution < 1.29 is 14.6 Å². The van der Waals surface area contributed by atoms with E-state index in [1.54, 1.807) is 17.1 Å². The van der Waals surface area contributed by atoms with Gasteiger partial charge in [0.25, 0.3) is 0 Å². The van der Waals surface area contributed by atoms with Crippen molar-refractivity contribution in [1.82, 2.24) is 15.0 Å². The number of benzene rings is 2. The topological polar surface area (TPSA) is 89.3 Å². The second kappa shape index (κ2) is 7.26. The summed E-state index contributed by atoms with van der Waals surface area (Å²) in [4.78, 5) is 12.6. The van der Waals surface area contributed by atoms with E-state index in [1.165, 1.54) is 19.2 Å². The second-order valence-electron chi connectivity index (χ2n) is 6.05. The number of anilines is 1. The molecule has 0 spiro atoms. The highest BCUT2D eigenvalue weighted by Crippen LogP contribution is 2.26. The first kappa shape index (κ1) is 17.5. The van der Waals surface area contributed by atoms with E-state index < -0.39 is 5.97 Å². The predicted octanol–water partition coefficient (Wildman–Crippen LogP) is 3.20. The minimum Gasteiger partial charge on any atom is -0.495 e. The number of nitrogens with one attached hydrogen (secondary N) is 1. The smallest absolute Gasteiger partial charge is 0.335 e. The lowest BCUT2D eigenvalue weighted by Gasteiger charge is -2.10. The zero-order valence-electron chi connectivity index (χ0n) is 14.9. The number of aryl methyl sites for hydroxylation is 2. The van der Waals surface area contributed by atoms with Gasteiger partial charge in [0.05, 0.1) is 36.8 Å². The Kier molecular flexibility index (Phi) is 4.88. The molecule has 2 aromatic carbocycles. The van der Waals surface area contributed by atoms with Crippen LogP contribution in [-0.2, 0) is 6.54 Å². The van der Waals surface area contributed by atoms with Gasteiger partial charge in [0.1, 0.15) is 11.4 Å². The summed E-state index contributed by atoms with van der Waals surface area (Å²) in [7, 11) is 1.50. The third-order valence-corrected chi connectivity index (χ3v) is 3.89. The fraction of sp³-hybridized carbons (Fsp3) is 0.211. The van der Waals surface area contributed by atoms with Crippen molar-refractivity contribution >= 4 is 11.7 Å². The normalized spacial score (nSPS) is 10.6. The van der Waals surface area contributed by atoms with Gasteiger partial charge in [-0.25, -0.2) is 4.79 Å². The second-order valence-corrected chi connectivity index (χ2v) is 6.05. The first-order valence-electron chi connectivity index (χ1n) is 8.11. The van der Waals surface area contributed by atoms with E-state index in [0.29, 0.717) is 18.0 Å². The van der Waals surface area contributed by atoms with E-state index in [2.05, 4.69) is 21.6 Å². The number of aromatic nitrogens is 3. The van der Waals surface area contributed by atoms with Crippen LogP contribution in [-0.4, -0.2) is 33.2 Å². The number of aromatic carboxylic acids is 1. The minimum atomic E-state index is -0.994. The summed E-state index contributed by atoms with van der Waals surface area (Å²) in [6.07, 6.45) is 1.70. The lowest BCUT2D eigenvalue weighted by molar-refractivity contribution is 0.0696. The monoisotopic (exact) mass is 352 g/mol. The van der Waals surface area contributed by atoms with Crippen LogP contribution in [0.15, 0.2) is 42.6 Å². The summed E-state index contributed by atoms with van der Waals surface area (Å²) in [5, 5.41) is 21.1. The zero-order valence-corrected chi connectivity index (χ0v) is 14.9. The highest BCUT2D eigenvalue weighted by molar-refractivity contribution is 5.89. The maximum absolute atomic E-state index is 11.0. The number of rotatable bonds is 6. The van der Waals surface area contributed by atoms with Crippen LogP contribution in [0.3, 0.4) is 0 Å². The largest absolute Gasteiger partial charge is 0.495 e. The van der Waals surface area contributed by atoms with Crippen molar-refractivity contribution in [2.45, 2.75) is 20.4 Å². The van der Waals surface area contributed by atoms with Crippen molar-refractivity contribution in [2.24, 2.45) is 0 Å². The molecule has 26 heavy (non-hydrogen) atoms. The maximum Gasteiger partial charge on any atom is 0.335 e. The average molecular weight is 352 g/mol. The Morgan fingerprint density at radius 3 is 2.58 bits per heavy atom. The molecule has 1 aromatic heterocycles. The van der Waals surface area contributed by atoms with Crippen LogP contribution in [0.1, 0.15) is 27.2 Å². The predicted molar refractivity (Wildman–Crippen MR) is 98.1 cm³/mol. The lowest BCUT2D eigenvalue weighted by Crippen LogP contribution is -2.05. The molecular weight excluding hydrogens is 332 g/mol. The number of hydrogen-bond donors (Lipinski definition) is 2. The maximum atomic E-state index is 11.0. The van der Waals surface area contributed by atoms with Crippen LogP contribution < -0.4 is 10.1 Å². The molecule has 3 aromatic rings. The number of carbonyl (C=O) groups is 1. The lowest BCUT2D eigenvalue weighted by atomic mass is 10.1. The standard InChI is InChI=1S/C19H20N4O3/c1-12-6-13(2)8-16(7-12)23-21-11-15(22-23)10-20-17-5-4-14(19(24)25)9-18(17)26-3/h4-9,11,20H,10H2,1-3H3,(H,24,25). The van der Waals surface area contributed by atoms with Crippen LogP contribution in [0, 0.1) is 13.8 Å². The molecule has 0 unspecified atom stereocenters. The van der Waals surface area contributed by atoms with E-state index >= 15 is 0 Å². The molecule has 0 saturated heterocycles. The SMILES string of the molecule is COc1cc(C(=O)O)ccc1NCc1cnn(-c2cc(C)cc(C)c2)n1. The van der Waals surface area contributed by atoms with Gasteiger partial charge in [-0.15, -0.1) is 0 Å². The Bertz CT molecular complexity index is 929. The molecule has 0 aliphatic heterocycles. The Morgan fingerprint density at radius 2 is 1.92 bits per heavy atom. The molecule has 0 aliphatic carbocycles. The molecule has 1 heterocycles. The highest BCUT2D eigenvalue weighted by Gasteiger charge is 2.10. The summed E-state index contributed by atoms with van der Waals surface area (Å²) in [5.74, 6) is -0.530. The van der Waals surface area contributed by atoms with E-state index in [1.807, 2.05) is 26.0 Å². The Balaban J connectivity index is 1.75. The summed E-state index contributed by atoms with van der Waals surface area (Å²) in [6, 6.07) is 10.8. The summed E-state index contributed by atoms with van der Waals surface area (Å²) in [6.45, 7) is 4.51. The fourth-order valence-electron chi connectivity index (χ4n) is 2.72. The Hall–Kier alpha value is -3.35. The molecule has 0 amide bonds. The van der Waals surface area contributed by atoms with E-state index in [4.69, 9.17) is 9.84 Å². The Labute approximate surface area is 151 Å². The molecule has 7 heteroatoms. The molecule has 0 aliphatic rings. The highest BCUT2D eigenvalue weighted by atomic mass is 16.5. The van der Waals surface area contributed by atoms with Crippen LogP contribution in [0.4, 0.5) is 5.69 Å². The number of carboxylic acid groups (broad SMARTS) is 1. The molecule has 0 atom stereocenters. The van der Waals surface area contributed by atoms with Crippen LogP contribution >= 0.6 is 0 Å². The van der Waals surface area contributed by atoms with Gasteiger partial charge in [-0.1, -0.05) is 6.07 Å². The van der Waals surface area contributed by atoms with Crippen LogP contribution in [0.5, 0.6) is 5.75 Å². The third-order valence-electron chi connectivity index (χ3n) is 3.89. The molecule has 0 bridgehead atoms. The number of methoxy groups -OCH3 is 1. The van der Waals surface area contributed by atoms with Crippen LogP contribution in [0.2, 0.25) is 0 Å². The quantitative estimate of drug-likeness (QED) is 0.708. The van der Waals surface area contributed by atoms with Crippen LogP contribution in [0.25, 0.3) is 5.69 Å². The van der Waals surface area contributed by atoms with E-state index in [9.17, 15) is 4.79 Å². The van der Waals surface area contributed by atoms with E-state index in [-0.39, 0.29) is 5.56 Å². The molecule has 2 N–H and O–H groups in total. The number of ether oxygens (including phenoxy) is 1. The molecule has 0 fully saturated rings. The zero-order chi connectivity index (χ0) is 18.7. The third kappa shape index (κ3) is 3.83. The Morgan fingerprint density at radius 1 is 1.19 bits per heavy atom. The van der Waals surface area contributed by atoms with Gasteiger partial charge in [-0.05, 0) is 55.3 Å². The van der Waals surface area contributed by atoms with Gasteiger partial charge in [-0.2, -0.15) is 15.0 Å². The van der Waals surface area contributed by atoms with Crippen molar-refractivity contribution in [3.05, 3.63) is 65.0 Å². The molecule has 134 valence electrons. The number of nitrogens with zero attached hydrogens (tertiary/aromatic N) is 3. The van der Waals surface area contributed by atoms with Gasteiger partial charge in [0, 0.05) is 0 Å².